The van der Waals surface area contributed by atoms with Crippen molar-refractivity contribution >= 4 is 40.5 Å². The third-order valence-electron chi connectivity index (χ3n) is 5.81. The number of carbonyl (C=O) groups excluding carboxylic acids is 1. The summed E-state index contributed by atoms with van der Waals surface area (Å²) < 4.78 is 0. The van der Waals surface area contributed by atoms with Crippen LogP contribution in [0.25, 0.3) is 11.1 Å². The number of allylic oxidation sites excluding steroid dienone is 5. The number of nitrogens with zero attached hydrogens (tertiary/aromatic N) is 1. The van der Waals surface area contributed by atoms with Crippen molar-refractivity contribution in [2.24, 2.45) is 11.8 Å². The zero-order valence-corrected chi connectivity index (χ0v) is 22.4. The second-order valence-corrected chi connectivity index (χ2v) is 10.1. The number of halogens is 2. The minimum Gasteiger partial charge on any atom is -0.506 e. The van der Waals surface area contributed by atoms with Crippen molar-refractivity contribution < 1.29 is 9.90 Å². The molecule has 5 nitrogen and oxygen atoms in total. The van der Waals surface area contributed by atoms with Crippen molar-refractivity contribution in [2.75, 3.05) is 30.3 Å². The van der Waals surface area contributed by atoms with Gasteiger partial charge in [-0.3, -0.25) is 4.79 Å². The van der Waals surface area contributed by atoms with Crippen LogP contribution in [0.1, 0.15) is 20.8 Å². The van der Waals surface area contributed by atoms with Gasteiger partial charge in [-0.1, -0.05) is 74.0 Å². The SMILES string of the molecule is C=CC(=O)N1CC(CNc2cc(Cl)c(-c3ccc(Cl)c(O)c3)cc2N/C=C(C)/C=C\C=C\C(C)C)C1. The van der Waals surface area contributed by atoms with Gasteiger partial charge >= 0.3 is 0 Å². The molecule has 1 saturated heterocycles. The minimum atomic E-state index is -0.0378. The number of rotatable bonds is 10. The molecule has 0 aliphatic carbocycles. The van der Waals surface area contributed by atoms with Gasteiger partial charge in [-0.2, -0.15) is 0 Å². The number of benzene rings is 2. The molecule has 0 unspecified atom stereocenters. The van der Waals surface area contributed by atoms with Crippen molar-refractivity contribution in [3.8, 4) is 16.9 Å². The van der Waals surface area contributed by atoms with Gasteiger partial charge in [0.15, 0.2) is 0 Å². The van der Waals surface area contributed by atoms with Crippen LogP contribution in [0.15, 0.2) is 79.1 Å². The maximum absolute atomic E-state index is 11.7. The molecule has 0 radical (unpaired) electrons. The summed E-state index contributed by atoms with van der Waals surface area (Å²) in [6.07, 6.45) is 11.5. The summed E-state index contributed by atoms with van der Waals surface area (Å²) in [6, 6.07) is 8.90. The van der Waals surface area contributed by atoms with Gasteiger partial charge in [0.2, 0.25) is 5.91 Å². The molecule has 0 saturated carbocycles. The van der Waals surface area contributed by atoms with Gasteiger partial charge in [-0.15, -0.1) is 0 Å². The molecule has 0 bridgehead atoms. The van der Waals surface area contributed by atoms with E-state index in [4.69, 9.17) is 23.2 Å². The van der Waals surface area contributed by atoms with E-state index in [2.05, 4.69) is 37.1 Å². The van der Waals surface area contributed by atoms with E-state index >= 15 is 0 Å². The lowest BCUT2D eigenvalue weighted by molar-refractivity contribution is -0.131. The number of amides is 1. The van der Waals surface area contributed by atoms with Gasteiger partial charge in [0.25, 0.3) is 0 Å². The summed E-state index contributed by atoms with van der Waals surface area (Å²) in [5.74, 6) is 0.814. The number of anilines is 2. The number of hydrogen-bond acceptors (Lipinski definition) is 4. The Morgan fingerprint density at radius 2 is 1.92 bits per heavy atom. The van der Waals surface area contributed by atoms with Crippen LogP contribution in [0.3, 0.4) is 0 Å². The Hall–Kier alpha value is -3.15. The molecular weight excluding hydrogens is 493 g/mol. The van der Waals surface area contributed by atoms with Crippen LogP contribution in [0, 0.1) is 11.8 Å². The molecule has 190 valence electrons. The van der Waals surface area contributed by atoms with Gasteiger partial charge in [0.05, 0.1) is 21.4 Å². The van der Waals surface area contributed by atoms with E-state index in [0.717, 1.165) is 28.1 Å². The van der Waals surface area contributed by atoms with E-state index in [-0.39, 0.29) is 16.7 Å². The van der Waals surface area contributed by atoms with E-state index in [0.29, 0.717) is 36.5 Å². The zero-order valence-electron chi connectivity index (χ0n) is 20.9. The van der Waals surface area contributed by atoms with Crippen LogP contribution in [-0.4, -0.2) is 35.5 Å². The smallest absolute Gasteiger partial charge is 0.245 e. The Balaban J connectivity index is 1.83. The van der Waals surface area contributed by atoms with Crippen molar-refractivity contribution in [2.45, 2.75) is 20.8 Å². The van der Waals surface area contributed by atoms with Crippen LogP contribution in [0.5, 0.6) is 5.75 Å². The molecule has 1 fully saturated rings. The minimum absolute atomic E-state index is 0.000817. The van der Waals surface area contributed by atoms with Gasteiger partial charge in [0.1, 0.15) is 5.75 Å². The van der Waals surface area contributed by atoms with Crippen molar-refractivity contribution in [1.82, 2.24) is 4.90 Å². The topological polar surface area (TPSA) is 64.6 Å². The predicted molar refractivity (Wildman–Crippen MR) is 153 cm³/mol. The average molecular weight is 527 g/mol. The fourth-order valence-electron chi connectivity index (χ4n) is 3.74. The Kier molecular flexibility index (Phi) is 9.68. The Labute approximate surface area is 223 Å². The van der Waals surface area contributed by atoms with Crippen LogP contribution < -0.4 is 10.6 Å². The van der Waals surface area contributed by atoms with E-state index in [1.54, 1.807) is 17.0 Å². The average Bonchev–Trinajstić information content (AvgIpc) is 2.81. The zero-order chi connectivity index (χ0) is 26.2. The summed E-state index contributed by atoms with van der Waals surface area (Å²) in [7, 11) is 0. The lowest BCUT2D eigenvalue weighted by Gasteiger charge is -2.39. The molecule has 36 heavy (non-hydrogen) atoms. The highest BCUT2D eigenvalue weighted by atomic mass is 35.5. The van der Waals surface area contributed by atoms with Crippen LogP contribution in [0.2, 0.25) is 10.0 Å². The summed E-state index contributed by atoms with van der Waals surface area (Å²) in [5.41, 5.74) is 4.27. The maximum Gasteiger partial charge on any atom is 0.245 e. The van der Waals surface area contributed by atoms with Crippen molar-refractivity contribution in [3.63, 3.8) is 0 Å². The molecule has 1 aliphatic rings. The van der Waals surface area contributed by atoms with Crippen LogP contribution >= 0.6 is 23.2 Å². The third-order valence-corrected chi connectivity index (χ3v) is 6.44. The molecule has 3 rings (SSSR count). The maximum atomic E-state index is 11.7. The lowest BCUT2D eigenvalue weighted by Crippen LogP contribution is -2.51. The molecule has 3 N–H and O–H groups in total. The van der Waals surface area contributed by atoms with Gasteiger partial charge in [-0.05, 0) is 54.3 Å². The molecule has 1 amide bonds. The highest BCUT2D eigenvalue weighted by Gasteiger charge is 2.29. The number of phenolic OH excluding ortho intramolecular Hbond substituents is 1. The summed E-state index contributed by atoms with van der Waals surface area (Å²) in [5, 5.41) is 17.8. The van der Waals surface area contributed by atoms with Crippen LogP contribution in [-0.2, 0) is 4.79 Å². The second kappa shape index (κ2) is 12.7. The van der Waals surface area contributed by atoms with Crippen LogP contribution in [0.4, 0.5) is 11.4 Å². The highest BCUT2D eigenvalue weighted by molar-refractivity contribution is 6.34. The molecule has 0 spiro atoms. The molecule has 0 atom stereocenters. The molecular formula is C29H33Cl2N3O2. The van der Waals surface area contributed by atoms with Gasteiger partial charge in [0, 0.05) is 37.3 Å². The predicted octanol–water partition coefficient (Wildman–Crippen LogP) is 7.51. The standard InChI is InChI=1S/C29H33Cl2N3O2/c1-5-29(36)34-17-21(18-34)16-33-27-14-25(31)23(22-10-11-24(30)28(35)12-22)13-26(27)32-15-20(4)9-7-6-8-19(2)3/h5-15,19,21,32-33,35H,1,16-18H2,2-4H3/b8-6+,9-7-,20-15+. The molecule has 1 aliphatic heterocycles. The summed E-state index contributed by atoms with van der Waals surface area (Å²) >= 11 is 12.7. The first-order chi connectivity index (χ1) is 17.2. The molecule has 1 heterocycles. The largest absolute Gasteiger partial charge is 0.506 e. The number of aromatic hydroxyl groups is 1. The number of phenols is 1. The highest BCUT2D eigenvalue weighted by Crippen LogP contribution is 2.38. The van der Waals surface area contributed by atoms with Crippen molar-refractivity contribution in [3.05, 3.63) is 89.1 Å². The summed E-state index contributed by atoms with van der Waals surface area (Å²) in [6.45, 7) is 11.9. The Morgan fingerprint density at radius 1 is 1.17 bits per heavy atom. The second-order valence-electron chi connectivity index (χ2n) is 9.26. The number of carbonyl (C=O) groups is 1. The third kappa shape index (κ3) is 7.42. The fourth-order valence-corrected chi connectivity index (χ4v) is 4.13. The van der Waals surface area contributed by atoms with Gasteiger partial charge < -0.3 is 20.6 Å². The quantitative estimate of drug-likeness (QED) is 0.222. The van der Waals surface area contributed by atoms with E-state index in [1.165, 1.54) is 6.08 Å². The van der Waals surface area contributed by atoms with E-state index in [9.17, 15) is 9.90 Å². The Morgan fingerprint density at radius 3 is 2.58 bits per heavy atom. The van der Waals surface area contributed by atoms with Crippen molar-refractivity contribution in [1.29, 1.82) is 0 Å². The molecule has 2 aromatic carbocycles. The molecule has 2 aromatic rings. The number of likely N-dealkylation sites (tertiary alicyclic amines) is 1. The first-order valence-corrected chi connectivity index (χ1v) is 12.7. The van der Waals surface area contributed by atoms with Gasteiger partial charge in [-0.25, -0.2) is 0 Å². The first kappa shape index (κ1) is 27.4. The normalized spacial score (nSPS) is 14.5. The molecule has 0 aromatic heterocycles. The number of nitrogens with one attached hydrogen (secondary N) is 2. The summed E-state index contributed by atoms with van der Waals surface area (Å²) in [4.78, 5) is 13.5. The van der Waals surface area contributed by atoms with E-state index < -0.39 is 0 Å². The monoisotopic (exact) mass is 525 g/mol. The lowest BCUT2D eigenvalue weighted by atomic mass is 9.99. The number of hydrogen-bond donors (Lipinski definition) is 3. The Bertz CT molecular complexity index is 1200. The fraction of sp³-hybridized carbons (Fsp3) is 0.276. The molecule has 7 heteroatoms. The van der Waals surface area contributed by atoms with E-state index in [1.807, 2.05) is 49.6 Å². The first-order valence-electron chi connectivity index (χ1n) is 11.9.